The molecule has 0 saturated carbocycles. The van der Waals surface area contributed by atoms with Gasteiger partial charge in [0, 0.05) is 54.7 Å². The summed E-state index contributed by atoms with van der Waals surface area (Å²) in [4.78, 5) is 41.8. The van der Waals surface area contributed by atoms with Crippen LogP contribution in [0.15, 0.2) is 48.8 Å². The highest BCUT2D eigenvalue weighted by atomic mass is 35.5. The third-order valence-electron chi connectivity index (χ3n) is 9.27. The number of aryl methyl sites for hydroxylation is 1. The van der Waals surface area contributed by atoms with Crippen LogP contribution in [0.3, 0.4) is 0 Å². The highest BCUT2D eigenvalue weighted by Gasteiger charge is 2.23. The average Bonchev–Trinajstić information content (AvgIpc) is 3.75. The van der Waals surface area contributed by atoms with Crippen LogP contribution in [0.5, 0.6) is 11.8 Å². The Bertz CT molecular complexity index is 1720. The van der Waals surface area contributed by atoms with Crippen LogP contribution in [-0.2, 0) is 22.6 Å². The van der Waals surface area contributed by atoms with Crippen molar-refractivity contribution in [3.05, 3.63) is 70.2 Å². The molecule has 2 aliphatic heterocycles. The topological polar surface area (TPSA) is 140 Å². The fourth-order valence-electron chi connectivity index (χ4n) is 6.53. The van der Waals surface area contributed by atoms with E-state index < -0.39 is 0 Å². The van der Waals surface area contributed by atoms with Gasteiger partial charge >= 0.3 is 0 Å². The van der Waals surface area contributed by atoms with E-state index in [1.54, 1.807) is 26.6 Å². The molecule has 2 atom stereocenters. The van der Waals surface area contributed by atoms with Gasteiger partial charge in [-0.05, 0) is 44.1 Å². The molecular weight excluding hydrogens is 677 g/mol. The number of carbonyl (C=O) groups is 2. The van der Waals surface area contributed by atoms with Gasteiger partial charge in [-0.15, -0.1) is 0 Å². The Balaban J connectivity index is 1.16. The molecule has 2 aliphatic rings. The van der Waals surface area contributed by atoms with Gasteiger partial charge in [0.1, 0.15) is 11.4 Å². The van der Waals surface area contributed by atoms with Crippen LogP contribution in [0.1, 0.15) is 49.9 Å². The van der Waals surface area contributed by atoms with Gasteiger partial charge in [0.25, 0.3) is 0 Å². The van der Waals surface area contributed by atoms with E-state index in [0.717, 1.165) is 68.6 Å². The minimum Gasteiger partial charge on any atom is -0.480 e. The van der Waals surface area contributed by atoms with Gasteiger partial charge < -0.3 is 25.4 Å². The highest BCUT2D eigenvalue weighted by molar-refractivity contribution is 6.39. The Morgan fingerprint density at radius 3 is 1.80 bits per heavy atom. The fourth-order valence-corrected chi connectivity index (χ4v) is 7.17. The van der Waals surface area contributed by atoms with Gasteiger partial charge in [0.05, 0.1) is 48.0 Å². The number of hydrogen-bond acceptors (Lipinski definition) is 9. The van der Waals surface area contributed by atoms with E-state index in [9.17, 15) is 9.59 Å². The molecule has 0 radical (unpaired) electrons. The van der Waals surface area contributed by atoms with Crippen LogP contribution in [0.25, 0.3) is 33.6 Å². The van der Waals surface area contributed by atoms with Crippen molar-refractivity contribution in [3.63, 3.8) is 0 Å². The van der Waals surface area contributed by atoms with Crippen molar-refractivity contribution >= 4 is 35.0 Å². The van der Waals surface area contributed by atoms with Crippen LogP contribution in [0.2, 0.25) is 10.0 Å². The molecule has 0 spiro atoms. The van der Waals surface area contributed by atoms with Crippen molar-refractivity contribution < 1.29 is 19.1 Å². The summed E-state index contributed by atoms with van der Waals surface area (Å²) in [5.41, 5.74) is 5.50. The van der Waals surface area contributed by atoms with E-state index in [2.05, 4.69) is 20.9 Å². The molecule has 11 nitrogen and oxygen atoms in total. The third-order valence-corrected chi connectivity index (χ3v) is 10.1. The second-order valence-electron chi connectivity index (χ2n) is 12.7. The number of nitrogens with one attached hydrogen (secondary N) is 3. The maximum Gasteiger partial charge on any atom is 0.237 e. The zero-order chi connectivity index (χ0) is 35.0. The summed E-state index contributed by atoms with van der Waals surface area (Å²) in [6.07, 6.45) is 9.18. The first-order valence-electron chi connectivity index (χ1n) is 17.0. The minimum atomic E-state index is 0.118. The Morgan fingerprint density at radius 1 is 0.740 bits per heavy atom. The number of benzene rings is 2. The smallest absolute Gasteiger partial charge is 0.237 e. The van der Waals surface area contributed by atoms with Crippen LogP contribution >= 0.6 is 23.2 Å². The molecule has 0 bridgehead atoms. The maximum absolute atomic E-state index is 11.5. The molecule has 4 heterocycles. The van der Waals surface area contributed by atoms with Gasteiger partial charge in [-0.3, -0.25) is 19.6 Å². The lowest BCUT2D eigenvalue weighted by atomic mass is 9.98. The van der Waals surface area contributed by atoms with Crippen molar-refractivity contribution in [2.24, 2.45) is 11.8 Å². The molecule has 2 amide bonds. The minimum absolute atomic E-state index is 0.118. The van der Waals surface area contributed by atoms with Gasteiger partial charge in [-0.2, -0.15) is 0 Å². The molecule has 262 valence electrons. The van der Waals surface area contributed by atoms with Crippen LogP contribution in [0, 0.1) is 11.8 Å². The number of nitrogens with zero attached hydrogens (tertiary/aromatic N) is 4. The van der Waals surface area contributed by atoms with Crippen molar-refractivity contribution in [1.29, 1.82) is 0 Å². The first kappa shape index (κ1) is 35.5. The fraction of sp³-hybridized carbons (Fsp3) is 0.405. The predicted octanol–water partition coefficient (Wildman–Crippen LogP) is 6.06. The van der Waals surface area contributed by atoms with Gasteiger partial charge in [0.15, 0.2) is 0 Å². The Kier molecular flexibility index (Phi) is 11.8. The van der Waals surface area contributed by atoms with E-state index in [1.807, 2.05) is 36.4 Å². The van der Waals surface area contributed by atoms with E-state index in [-0.39, 0.29) is 11.8 Å². The molecule has 0 aliphatic carbocycles. The lowest BCUT2D eigenvalue weighted by Crippen LogP contribution is -2.20. The van der Waals surface area contributed by atoms with E-state index in [4.69, 9.17) is 47.6 Å². The first-order valence-corrected chi connectivity index (χ1v) is 17.7. The monoisotopic (exact) mass is 717 g/mol. The van der Waals surface area contributed by atoms with Gasteiger partial charge in [-0.25, -0.2) is 9.97 Å². The Hall–Kier alpha value is -4.32. The summed E-state index contributed by atoms with van der Waals surface area (Å²) < 4.78 is 11.2. The number of amides is 2. The highest BCUT2D eigenvalue weighted by Crippen LogP contribution is 2.42. The Morgan fingerprint density at radius 2 is 1.26 bits per heavy atom. The summed E-state index contributed by atoms with van der Waals surface area (Å²) >= 11 is 14.1. The summed E-state index contributed by atoms with van der Waals surface area (Å²) in [7, 11) is 3.16. The van der Waals surface area contributed by atoms with Crippen molar-refractivity contribution in [2.75, 3.05) is 33.9 Å². The number of carbonyl (C=O) groups excluding carboxylic acids is 2. The maximum atomic E-state index is 11.5. The van der Waals surface area contributed by atoms with E-state index in [0.29, 0.717) is 81.2 Å². The SMILES string of the molecule is COc1nc(-c2cccc(-c3cccc(-c4cnc(CNCC[C@H]5CNC(=O)C5)c(OC)n4)c3Cl)c2Cl)cnc1CCCC[C@H]1CNC(=O)C1. The quantitative estimate of drug-likeness (QED) is 0.125. The largest absolute Gasteiger partial charge is 0.480 e. The normalized spacial score (nSPS) is 17.1. The second-order valence-corrected chi connectivity index (χ2v) is 13.5. The molecule has 2 fully saturated rings. The zero-order valence-electron chi connectivity index (χ0n) is 28.2. The molecule has 13 heteroatoms. The lowest BCUT2D eigenvalue weighted by Gasteiger charge is -2.15. The molecule has 2 aromatic heterocycles. The number of halogens is 2. The molecule has 50 heavy (non-hydrogen) atoms. The van der Waals surface area contributed by atoms with E-state index in [1.165, 1.54) is 0 Å². The predicted molar refractivity (Wildman–Crippen MR) is 193 cm³/mol. The summed E-state index contributed by atoms with van der Waals surface area (Å²) in [5, 5.41) is 10.1. The number of ether oxygens (including phenoxy) is 2. The lowest BCUT2D eigenvalue weighted by molar-refractivity contribution is -0.120. The molecule has 0 unspecified atom stereocenters. The summed E-state index contributed by atoms with van der Waals surface area (Å²) in [6.45, 7) is 2.74. The van der Waals surface area contributed by atoms with Crippen molar-refractivity contribution in [1.82, 2.24) is 35.9 Å². The number of unbranched alkanes of at least 4 members (excludes halogenated alkanes) is 1. The van der Waals surface area contributed by atoms with Crippen molar-refractivity contribution in [2.45, 2.75) is 51.5 Å². The summed E-state index contributed by atoms with van der Waals surface area (Å²) in [6, 6.07) is 11.4. The number of aromatic nitrogens is 4. The second kappa shape index (κ2) is 16.6. The van der Waals surface area contributed by atoms with Gasteiger partial charge in [-0.1, -0.05) is 66.0 Å². The molecular formula is C37H41Cl2N7O4. The third kappa shape index (κ3) is 8.34. The van der Waals surface area contributed by atoms with E-state index >= 15 is 0 Å². The molecule has 2 aromatic carbocycles. The molecule has 3 N–H and O–H groups in total. The molecule has 6 rings (SSSR count). The summed E-state index contributed by atoms with van der Waals surface area (Å²) in [5.74, 6) is 1.90. The Labute approximate surface area is 301 Å². The molecule has 4 aromatic rings. The number of hydrogen-bond donors (Lipinski definition) is 3. The number of rotatable bonds is 15. The zero-order valence-corrected chi connectivity index (χ0v) is 29.7. The standard InChI is InChI=1S/C37H41Cl2N7O4/c1-49-36-28(12-4-3-7-22-15-32(47)43-17-22)41-20-29(45-36)26-10-5-8-24(34(26)38)25-9-6-11-27(35(25)39)30-21-42-31(37(46-30)50-2)19-40-14-13-23-16-33(48)44-18-23/h5-6,8-11,20-23,40H,3-4,7,12-19H2,1-2H3,(H,43,47)(H,44,48)/t22-,23-/m1/s1. The number of methoxy groups -OCH3 is 2. The van der Waals surface area contributed by atoms with Crippen molar-refractivity contribution in [3.8, 4) is 45.4 Å². The average molecular weight is 719 g/mol. The molecule has 2 saturated heterocycles. The van der Waals surface area contributed by atoms with Crippen LogP contribution < -0.4 is 25.4 Å². The van der Waals surface area contributed by atoms with Gasteiger partial charge in [0.2, 0.25) is 23.6 Å². The first-order chi connectivity index (χ1) is 24.3. The van der Waals surface area contributed by atoms with Crippen LogP contribution in [-0.4, -0.2) is 65.6 Å². The van der Waals surface area contributed by atoms with Crippen LogP contribution in [0.4, 0.5) is 0 Å².